The van der Waals surface area contributed by atoms with Gasteiger partial charge in [0.2, 0.25) is 5.89 Å². The number of likely N-dealkylation sites (tertiary alicyclic amines) is 1. The molecule has 3 rings (SSSR count). The van der Waals surface area contributed by atoms with E-state index in [1.165, 1.54) is 13.2 Å². The lowest BCUT2D eigenvalue weighted by Gasteiger charge is -2.19. The van der Waals surface area contributed by atoms with Gasteiger partial charge in [0, 0.05) is 13.0 Å². The first kappa shape index (κ1) is 16.7. The molecule has 1 fully saturated rings. The average Bonchev–Trinajstić information content (AvgIpc) is 3.07. The van der Waals surface area contributed by atoms with E-state index in [2.05, 4.69) is 4.98 Å². The van der Waals surface area contributed by atoms with E-state index in [1.807, 2.05) is 0 Å². The summed E-state index contributed by atoms with van der Waals surface area (Å²) in [7, 11) is 1.25. The number of ether oxygens (including phenoxy) is 1. The molecule has 2 atom stereocenters. The van der Waals surface area contributed by atoms with E-state index >= 15 is 0 Å². The minimum Gasteiger partial charge on any atom is -0.468 e. The minimum absolute atomic E-state index is 0.0901. The van der Waals surface area contributed by atoms with Gasteiger partial charge in [0.15, 0.2) is 5.58 Å². The Hall–Kier alpha value is -2.13. The van der Waals surface area contributed by atoms with Gasteiger partial charge in [-0.05, 0) is 18.2 Å². The molecule has 9 heteroatoms. The third-order valence-corrected chi connectivity index (χ3v) is 3.95. The summed E-state index contributed by atoms with van der Waals surface area (Å²) in [5.41, 5.74) is -0.486. The van der Waals surface area contributed by atoms with Gasteiger partial charge in [-0.25, -0.2) is 4.98 Å². The third kappa shape index (κ3) is 3.22. The number of nitrogens with zero attached hydrogens (tertiary/aromatic N) is 2. The molecule has 0 unspecified atom stereocenters. The van der Waals surface area contributed by atoms with Gasteiger partial charge in [-0.15, -0.1) is 0 Å². The predicted octanol–water partition coefficient (Wildman–Crippen LogP) is 1.95. The number of β-amino-alcohol motifs (C(OH)–C–C–N with tert-alkyl or cyclic N) is 1. The number of halogens is 3. The van der Waals surface area contributed by atoms with Crippen molar-refractivity contribution >= 4 is 17.1 Å². The smallest absolute Gasteiger partial charge is 0.416 e. The van der Waals surface area contributed by atoms with E-state index < -0.39 is 29.9 Å². The van der Waals surface area contributed by atoms with Crippen LogP contribution in [0.25, 0.3) is 11.1 Å². The molecule has 2 heterocycles. The van der Waals surface area contributed by atoms with Crippen molar-refractivity contribution < 1.29 is 32.2 Å². The standard InChI is InChI=1S/C15H15F3N2O4/c1-23-14(22)11-5-9(21)6-20(11)7-13-19-10-4-8(15(16,17)18)2-3-12(10)24-13/h2-4,9,11,21H,5-7H2,1H3/t9-,11-/m0/s1. The van der Waals surface area contributed by atoms with Gasteiger partial charge < -0.3 is 14.3 Å². The number of hydrogen-bond donors (Lipinski definition) is 1. The summed E-state index contributed by atoms with van der Waals surface area (Å²) in [6.45, 7) is 0.319. The molecule has 1 N–H and O–H groups in total. The molecule has 0 spiro atoms. The lowest BCUT2D eigenvalue weighted by Crippen LogP contribution is -2.36. The second-order valence-electron chi connectivity index (χ2n) is 5.65. The van der Waals surface area contributed by atoms with Crippen LogP contribution in [0.3, 0.4) is 0 Å². The number of benzene rings is 1. The van der Waals surface area contributed by atoms with Crippen molar-refractivity contribution in [3.63, 3.8) is 0 Å². The number of esters is 1. The van der Waals surface area contributed by atoms with Crippen LogP contribution in [0.4, 0.5) is 13.2 Å². The Morgan fingerprint density at radius 3 is 2.92 bits per heavy atom. The highest BCUT2D eigenvalue weighted by Gasteiger charge is 2.37. The molecule has 0 bridgehead atoms. The van der Waals surface area contributed by atoms with E-state index in [-0.39, 0.29) is 36.5 Å². The Labute approximate surface area is 134 Å². The average molecular weight is 344 g/mol. The van der Waals surface area contributed by atoms with Gasteiger partial charge in [0.05, 0.1) is 25.3 Å². The van der Waals surface area contributed by atoms with E-state index in [4.69, 9.17) is 9.15 Å². The molecule has 1 aliphatic rings. The molecular weight excluding hydrogens is 329 g/mol. The summed E-state index contributed by atoms with van der Waals surface area (Å²) in [5, 5.41) is 9.73. The summed E-state index contributed by atoms with van der Waals surface area (Å²) in [5.74, 6) is -0.311. The summed E-state index contributed by atoms with van der Waals surface area (Å²) < 4.78 is 48.3. The fourth-order valence-corrected chi connectivity index (χ4v) is 2.83. The van der Waals surface area contributed by atoms with Gasteiger partial charge >= 0.3 is 12.1 Å². The van der Waals surface area contributed by atoms with E-state index in [0.29, 0.717) is 0 Å². The van der Waals surface area contributed by atoms with Crippen LogP contribution in [-0.2, 0) is 22.3 Å². The number of carbonyl (C=O) groups excluding carboxylic acids is 1. The normalized spacial score (nSPS) is 22.2. The second kappa shape index (κ2) is 6.06. The van der Waals surface area contributed by atoms with E-state index in [0.717, 1.165) is 12.1 Å². The molecule has 0 radical (unpaired) electrons. The highest BCUT2D eigenvalue weighted by Crippen LogP contribution is 2.32. The first-order valence-corrected chi connectivity index (χ1v) is 7.24. The molecule has 1 aromatic heterocycles. The zero-order chi connectivity index (χ0) is 17.5. The maximum Gasteiger partial charge on any atom is 0.416 e. The number of rotatable bonds is 3. The van der Waals surface area contributed by atoms with Crippen LogP contribution in [0, 0.1) is 0 Å². The maximum atomic E-state index is 12.7. The van der Waals surface area contributed by atoms with E-state index in [9.17, 15) is 23.1 Å². The number of alkyl halides is 3. The second-order valence-corrected chi connectivity index (χ2v) is 5.65. The largest absolute Gasteiger partial charge is 0.468 e. The fourth-order valence-electron chi connectivity index (χ4n) is 2.83. The maximum absolute atomic E-state index is 12.7. The molecule has 2 aromatic rings. The van der Waals surface area contributed by atoms with Gasteiger partial charge in [0.25, 0.3) is 0 Å². The summed E-state index contributed by atoms with van der Waals surface area (Å²) in [6, 6.07) is 2.42. The van der Waals surface area contributed by atoms with Crippen molar-refractivity contribution in [1.82, 2.24) is 9.88 Å². The summed E-state index contributed by atoms with van der Waals surface area (Å²) >= 11 is 0. The topological polar surface area (TPSA) is 75.8 Å². The van der Waals surface area contributed by atoms with Crippen molar-refractivity contribution in [1.29, 1.82) is 0 Å². The Bertz CT molecular complexity index is 759. The zero-order valence-electron chi connectivity index (χ0n) is 12.7. The van der Waals surface area contributed by atoms with Crippen molar-refractivity contribution in [2.75, 3.05) is 13.7 Å². The van der Waals surface area contributed by atoms with Gasteiger partial charge in [-0.3, -0.25) is 9.69 Å². The molecule has 0 aliphatic carbocycles. The quantitative estimate of drug-likeness (QED) is 0.858. The van der Waals surface area contributed by atoms with Crippen LogP contribution >= 0.6 is 0 Å². The Morgan fingerprint density at radius 1 is 1.50 bits per heavy atom. The molecule has 24 heavy (non-hydrogen) atoms. The highest BCUT2D eigenvalue weighted by molar-refractivity contribution is 5.76. The Balaban J connectivity index is 1.83. The van der Waals surface area contributed by atoms with Gasteiger partial charge in [-0.2, -0.15) is 13.2 Å². The number of fused-ring (bicyclic) bond motifs is 1. The van der Waals surface area contributed by atoms with Crippen molar-refractivity contribution in [2.45, 2.75) is 31.3 Å². The molecular formula is C15H15F3N2O4. The minimum atomic E-state index is -4.46. The van der Waals surface area contributed by atoms with Gasteiger partial charge in [-0.1, -0.05) is 0 Å². The Morgan fingerprint density at radius 2 is 2.25 bits per heavy atom. The molecule has 0 saturated carbocycles. The third-order valence-electron chi connectivity index (χ3n) is 3.95. The van der Waals surface area contributed by atoms with Crippen LogP contribution in [0.1, 0.15) is 17.9 Å². The summed E-state index contributed by atoms with van der Waals surface area (Å²) in [6.07, 6.45) is -4.91. The monoisotopic (exact) mass is 344 g/mol. The number of aliphatic hydroxyl groups is 1. The fraction of sp³-hybridized carbons (Fsp3) is 0.467. The molecule has 6 nitrogen and oxygen atoms in total. The lowest BCUT2D eigenvalue weighted by atomic mass is 10.2. The van der Waals surface area contributed by atoms with Crippen molar-refractivity contribution in [2.24, 2.45) is 0 Å². The number of aromatic nitrogens is 1. The van der Waals surface area contributed by atoms with Crippen LogP contribution < -0.4 is 0 Å². The molecule has 130 valence electrons. The number of methoxy groups -OCH3 is 1. The molecule has 0 amide bonds. The summed E-state index contributed by atoms with van der Waals surface area (Å²) in [4.78, 5) is 17.4. The van der Waals surface area contributed by atoms with E-state index in [1.54, 1.807) is 4.90 Å². The molecule has 1 aromatic carbocycles. The molecule has 1 saturated heterocycles. The first-order chi connectivity index (χ1) is 11.3. The van der Waals surface area contributed by atoms with Crippen LogP contribution in [0.5, 0.6) is 0 Å². The SMILES string of the molecule is COC(=O)[C@@H]1C[C@H](O)CN1Cc1nc2cc(C(F)(F)F)ccc2o1. The van der Waals surface area contributed by atoms with Crippen LogP contribution in [0.2, 0.25) is 0 Å². The first-order valence-electron chi connectivity index (χ1n) is 7.24. The van der Waals surface area contributed by atoms with Crippen molar-refractivity contribution in [3.05, 3.63) is 29.7 Å². The number of hydrogen-bond acceptors (Lipinski definition) is 6. The number of aliphatic hydroxyl groups excluding tert-OH is 1. The lowest BCUT2D eigenvalue weighted by molar-refractivity contribution is -0.146. The van der Waals surface area contributed by atoms with Crippen molar-refractivity contribution in [3.8, 4) is 0 Å². The predicted molar refractivity (Wildman–Crippen MR) is 75.8 cm³/mol. The molecule has 1 aliphatic heterocycles. The van der Waals surface area contributed by atoms with Crippen LogP contribution in [-0.4, -0.2) is 46.8 Å². The number of carbonyl (C=O) groups is 1. The number of oxazole rings is 1. The highest BCUT2D eigenvalue weighted by atomic mass is 19.4. The van der Waals surface area contributed by atoms with Gasteiger partial charge in [0.1, 0.15) is 11.6 Å². The van der Waals surface area contributed by atoms with Crippen LogP contribution in [0.15, 0.2) is 22.6 Å². The Kier molecular flexibility index (Phi) is 4.22. The zero-order valence-corrected chi connectivity index (χ0v) is 12.7.